The molecule has 0 aromatic heterocycles. The van der Waals surface area contributed by atoms with E-state index in [4.69, 9.17) is 5.11 Å². The Labute approximate surface area is 139 Å². The Morgan fingerprint density at radius 3 is 2.38 bits per heavy atom. The summed E-state index contributed by atoms with van der Waals surface area (Å²) < 4.78 is 28.0. The molecule has 0 aliphatic rings. The van der Waals surface area contributed by atoms with Crippen LogP contribution in [0.15, 0.2) is 42.5 Å². The fourth-order valence-electron chi connectivity index (χ4n) is 2.54. The molecule has 0 spiro atoms. The smallest absolute Gasteiger partial charge is 0.335 e. The normalized spacial score (nSPS) is 12.4. The zero-order valence-electron chi connectivity index (χ0n) is 13.6. The summed E-state index contributed by atoms with van der Waals surface area (Å²) in [5.41, 5.74) is 1.02. The lowest BCUT2D eigenvalue weighted by molar-refractivity contribution is 0.0696. The number of nitrogens with one attached hydrogen (secondary N) is 1. The third-order valence-electron chi connectivity index (χ3n) is 3.80. The van der Waals surface area contributed by atoms with Crippen LogP contribution in [0.2, 0.25) is 0 Å². The van der Waals surface area contributed by atoms with E-state index < -0.39 is 23.6 Å². The third-order valence-corrected chi connectivity index (χ3v) is 3.80. The van der Waals surface area contributed by atoms with Gasteiger partial charge in [0.1, 0.15) is 11.6 Å². The largest absolute Gasteiger partial charge is 0.478 e. The number of hydrogen-bond donors (Lipinski definition) is 2. The maximum atomic E-state index is 14.0. The zero-order chi connectivity index (χ0) is 17.7. The van der Waals surface area contributed by atoms with Gasteiger partial charge in [-0.2, -0.15) is 0 Å². The Morgan fingerprint density at radius 2 is 1.79 bits per heavy atom. The lowest BCUT2D eigenvalue weighted by atomic mass is 10.0. The van der Waals surface area contributed by atoms with E-state index >= 15 is 0 Å². The molecule has 128 valence electrons. The number of benzene rings is 2. The van der Waals surface area contributed by atoms with Crippen LogP contribution >= 0.6 is 0 Å². The Balaban J connectivity index is 2.08. The van der Waals surface area contributed by atoms with Crippen molar-refractivity contribution in [1.29, 1.82) is 0 Å². The Bertz CT molecular complexity index is 700. The van der Waals surface area contributed by atoms with Crippen LogP contribution in [0.3, 0.4) is 0 Å². The molecule has 0 aliphatic heterocycles. The third kappa shape index (κ3) is 4.37. The first-order valence-corrected chi connectivity index (χ1v) is 7.53. The fraction of sp³-hybridized carbons (Fsp3) is 0.278. The van der Waals surface area contributed by atoms with Gasteiger partial charge in [0.2, 0.25) is 0 Å². The number of likely N-dealkylation sites (N-methyl/N-ethyl adjacent to an activating group) is 1. The van der Waals surface area contributed by atoms with Gasteiger partial charge in [0.25, 0.3) is 0 Å². The van der Waals surface area contributed by atoms with Crippen molar-refractivity contribution in [2.45, 2.75) is 12.6 Å². The van der Waals surface area contributed by atoms with Crippen molar-refractivity contribution in [2.75, 3.05) is 20.6 Å². The second-order valence-electron chi connectivity index (χ2n) is 5.75. The molecule has 2 N–H and O–H groups in total. The van der Waals surface area contributed by atoms with Crippen molar-refractivity contribution in [1.82, 2.24) is 10.2 Å². The van der Waals surface area contributed by atoms with Crippen LogP contribution in [0, 0.1) is 11.6 Å². The monoisotopic (exact) mass is 334 g/mol. The van der Waals surface area contributed by atoms with E-state index in [0.717, 1.165) is 5.56 Å². The molecule has 2 aromatic rings. The number of rotatable bonds is 7. The predicted octanol–water partition coefficient (Wildman–Crippen LogP) is 3.06. The van der Waals surface area contributed by atoms with Crippen LogP contribution in [0.1, 0.15) is 27.5 Å². The summed E-state index contributed by atoms with van der Waals surface area (Å²) in [6, 6.07) is 9.90. The highest BCUT2D eigenvalue weighted by Gasteiger charge is 2.21. The zero-order valence-corrected chi connectivity index (χ0v) is 13.6. The summed E-state index contributed by atoms with van der Waals surface area (Å²) in [5, 5.41) is 12.1. The first-order valence-electron chi connectivity index (χ1n) is 7.53. The van der Waals surface area contributed by atoms with E-state index in [1.807, 2.05) is 0 Å². The molecule has 2 rings (SSSR count). The van der Waals surface area contributed by atoms with Gasteiger partial charge >= 0.3 is 5.97 Å². The summed E-state index contributed by atoms with van der Waals surface area (Å²) in [5.74, 6) is -2.15. The average molecular weight is 334 g/mol. The number of carbonyl (C=O) groups is 1. The molecule has 24 heavy (non-hydrogen) atoms. The molecule has 0 saturated carbocycles. The summed E-state index contributed by atoms with van der Waals surface area (Å²) >= 11 is 0. The minimum atomic E-state index is -0.989. The van der Waals surface area contributed by atoms with Crippen molar-refractivity contribution < 1.29 is 18.7 Å². The molecule has 6 heteroatoms. The minimum Gasteiger partial charge on any atom is -0.478 e. The molecule has 0 radical (unpaired) electrons. The van der Waals surface area contributed by atoms with E-state index in [1.165, 1.54) is 24.3 Å². The summed E-state index contributed by atoms with van der Waals surface area (Å²) in [6.45, 7) is 0.726. The molecule has 0 fully saturated rings. The van der Waals surface area contributed by atoms with E-state index in [0.29, 0.717) is 13.1 Å². The van der Waals surface area contributed by atoms with Gasteiger partial charge in [-0.25, -0.2) is 13.6 Å². The predicted molar refractivity (Wildman–Crippen MR) is 87.9 cm³/mol. The average Bonchev–Trinajstić information content (AvgIpc) is 2.53. The summed E-state index contributed by atoms with van der Waals surface area (Å²) in [7, 11) is 3.51. The van der Waals surface area contributed by atoms with Crippen molar-refractivity contribution >= 4 is 5.97 Å². The van der Waals surface area contributed by atoms with E-state index in [-0.39, 0.29) is 11.1 Å². The van der Waals surface area contributed by atoms with Gasteiger partial charge in [0.15, 0.2) is 0 Å². The van der Waals surface area contributed by atoms with Crippen LogP contribution < -0.4 is 5.32 Å². The number of carboxylic acid groups (broad SMARTS) is 1. The van der Waals surface area contributed by atoms with Crippen molar-refractivity contribution in [3.63, 3.8) is 0 Å². The highest BCUT2D eigenvalue weighted by molar-refractivity contribution is 5.87. The molecule has 1 atom stereocenters. The second-order valence-corrected chi connectivity index (χ2v) is 5.75. The van der Waals surface area contributed by atoms with E-state index in [9.17, 15) is 13.6 Å². The molecular weight excluding hydrogens is 314 g/mol. The number of aromatic carboxylic acids is 1. The molecule has 1 unspecified atom stereocenters. The number of halogens is 2. The summed E-state index contributed by atoms with van der Waals surface area (Å²) in [6.07, 6.45) is 0. The number of hydrogen-bond acceptors (Lipinski definition) is 3. The van der Waals surface area contributed by atoms with Crippen LogP contribution in [0.5, 0.6) is 0 Å². The minimum absolute atomic E-state index is 0.0225. The summed E-state index contributed by atoms with van der Waals surface area (Å²) in [4.78, 5) is 12.7. The second kappa shape index (κ2) is 7.99. The maximum absolute atomic E-state index is 14.0. The standard InChI is InChI=1S/C18H20F2N2O2/c1-22(2)16(17-14(19)7-4-8-15(17)20)11-21-10-12-5-3-6-13(9-12)18(23)24/h3-9,16,21H,10-11H2,1-2H3,(H,23,24). The van der Waals surface area contributed by atoms with Gasteiger partial charge in [-0.1, -0.05) is 18.2 Å². The quantitative estimate of drug-likeness (QED) is 0.817. The first-order chi connectivity index (χ1) is 11.4. The highest BCUT2D eigenvalue weighted by atomic mass is 19.1. The van der Waals surface area contributed by atoms with E-state index in [2.05, 4.69) is 5.32 Å². The fourth-order valence-corrected chi connectivity index (χ4v) is 2.54. The highest BCUT2D eigenvalue weighted by Crippen LogP contribution is 2.24. The molecule has 0 aliphatic carbocycles. The van der Waals surface area contributed by atoms with Crippen molar-refractivity contribution in [3.05, 3.63) is 70.8 Å². The molecule has 0 amide bonds. The molecule has 0 bridgehead atoms. The van der Waals surface area contributed by atoms with Crippen LogP contribution in [0.25, 0.3) is 0 Å². The van der Waals surface area contributed by atoms with Gasteiger partial charge < -0.3 is 15.3 Å². The lowest BCUT2D eigenvalue weighted by Gasteiger charge is -2.26. The molecular formula is C18H20F2N2O2. The maximum Gasteiger partial charge on any atom is 0.335 e. The number of carboxylic acids is 1. The van der Waals surface area contributed by atoms with Crippen LogP contribution in [0.4, 0.5) is 8.78 Å². The van der Waals surface area contributed by atoms with Gasteiger partial charge in [-0.15, -0.1) is 0 Å². The van der Waals surface area contributed by atoms with Gasteiger partial charge in [-0.3, -0.25) is 0 Å². The van der Waals surface area contributed by atoms with E-state index in [1.54, 1.807) is 37.2 Å². The SMILES string of the molecule is CN(C)C(CNCc1cccc(C(=O)O)c1)c1c(F)cccc1F. The Hall–Kier alpha value is -2.31. The Morgan fingerprint density at radius 1 is 1.17 bits per heavy atom. The van der Waals surface area contributed by atoms with Crippen LogP contribution in [-0.2, 0) is 6.54 Å². The van der Waals surface area contributed by atoms with Gasteiger partial charge in [0, 0.05) is 18.7 Å². The molecule has 4 nitrogen and oxygen atoms in total. The number of nitrogens with zero attached hydrogens (tertiary/aromatic N) is 1. The topological polar surface area (TPSA) is 52.6 Å². The van der Waals surface area contributed by atoms with Crippen molar-refractivity contribution in [3.8, 4) is 0 Å². The lowest BCUT2D eigenvalue weighted by Crippen LogP contribution is -2.32. The van der Waals surface area contributed by atoms with Gasteiger partial charge in [0.05, 0.1) is 11.6 Å². The first kappa shape index (κ1) is 18.0. The van der Waals surface area contributed by atoms with Crippen molar-refractivity contribution in [2.24, 2.45) is 0 Å². The Kier molecular flexibility index (Phi) is 6.00. The van der Waals surface area contributed by atoms with Gasteiger partial charge in [-0.05, 0) is 43.9 Å². The molecule has 0 saturated heterocycles. The molecule has 2 aromatic carbocycles. The van der Waals surface area contributed by atoms with Crippen LogP contribution in [-0.4, -0.2) is 36.6 Å². The molecule has 0 heterocycles.